The lowest BCUT2D eigenvalue weighted by atomic mass is 9.67. The molecule has 2 atom stereocenters. The third-order valence-electron chi connectivity index (χ3n) is 5.47. The van der Waals surface area contributed by atoms with Gasteiger partial charge >= 0.3 is 0 Å². The van der Waals surface area contributed by atoms with Crippen LogP contribution >= 0.6 is 11.3 Å². The van der Waals surface area contributed by atoms with Gasteiger partial charge in [0.25, 0.3) is 5.56 Å². The summed E-state index contributed by atoms with van der Waals surface area (Å²) in [5.41, 5.74) is 5.99. The van der Waals surface area contributed by atoms with E-state index in [1.165, 1.54) is 28.7 Å². The fourth-order valence-electron chi connectivity index (χ4n) is 4.42. The van der Waals surface area contributed by atoms with E-state index in [2.05, 4.69) is 10.3 Å². The molecule has 2 saturated carbocycles. The van der Waals surface area contributed by atoms with Crippen LogP contribution in [0.15, 0.2) is 22.6 Å². The van der Waals surface area contributed by atoms with E-state index in [4.69, 9.17) is 5.73 Å². The van der Waals surface area contributed by atoms with E-state index in [1.54, 1.807) is 6.07 Å². The van der Waals surface area contributed by atoms with Gasteiger partial charge in [0.2, 0.25) is 5.91 Å². The number of hydrogen-bond donors (Lipinski definition) is 2. The van der Waals surface area contributed by atoms with Crippen LogP contribution in [0.4, 0.5) is 0 Å². The summed E-state index contributed by atoms with van der Waals surface area (Å²) in [5, 5.41) is 5.60. The highest BCUT2D eigenvalue weighted by molar-refractivity contribution is 7.16. The molecule has 0 aliphatic heterocycles. The van der Waals surface area contributed by atoms with Gasteiger partial charge in [-0.25, -0.2) is 4.98 Å². The smallest absolute Gasteiger partial charge is 0.262 e. The first-order valence-corrected chi connectivity index (χ1v) is 9.47. The highest BCUT2D eigenvalue weighted by atomic mass is 32.1. The number of aromatic nitrogens is 2. The maximum Gasteiger partial charge on any atom is 0.262 e. The maximum absolute atomic E-state index is 12.5. The molecule has 2 aliphatic rings. The van der Waals surface area contributed by atoms with Crippen LogP contribution in [0.25, 0.3) is 10.2 Å². The second kappa shape index (κ2) is 6.29. The van der Waals surface area contributed by atoms with Gasteiger partial charge in [-0.2, -0.15) is 0 Å². The van der Waals surface area contributed by atoms with Gasteiger partial charge in [-0.1, -0.05) is 6.42 Å². The summed E-state index contributed by atoms with van der Waals surface area (Å²) in [6.45, 7) is 0.0274. The minimum Gasteiger partial charge on any atom is -0.351 e. The molecule has 2 fully saturated rings. The van der Waals surface area contributed by atoms with Crippen molar-refractivity contribution in [2.45, 2.75) is 50.7 Å². The fourth-order valence-corrected chi connectivity index (χ4v) is 5.14. The number of nitrogens with one attached hydrogen (secondary N) is 1. The van der Waals surface area contributed by atoms with E-state index < -0.39 is 0 Å². The van der Waals surface area contributed by atoms with Crippen LogP contribution in [0.2, 0.25) is 0 Å². The molecule has 0 aromatic carbocycles. The van der Waals surface area contributed by atoms with Crippen molar-refractivity contribution in [3.8, 4) is 0 Å². The lowest BCUT2D eigenvalue weighted by Crippen LogP contribution is -2.54. The lowest BCUT2D eigenvalue weighted by molar-refractivity contribution is -0.124. The highest BCUT2D eigenvalue weighted by Gasteiger charge is 2.39. The van der Waals surface area contributed by atoms with E-state index in [0.717, 1.165) is 25.7 Å². The van der Waals surface area contributed by atoms with Crippen molar-refractivity contribution >= 4 is 27.5 Å². The summed E-state index contributed by atoms with van der Waals surface area (Å²) in [7, 11) is 0. The van der Waals surface area contributed by atoms with Crippen molar-refractivity contribution in [1.82, 2.24) is 14.9 Å². The van der Waals surface area contributed by atoms with E-state index >= 15 is 0 Å². The van der Waals surface area contributed by atoms with Crippen molar-refractivity contribution in [2.75, 3.05) is 0 Å². The summed E-state index contributed by atoms with van der Waals surface area (Å²) >= 11 is 1.43. The Bertz CT molecular complexity index is 800. The molecule has 0 spiro atoms. The number of thiophene rings is 1. The average molecular weight is 346 g/mol. The van der Waals surface area contributed by atoms with Gasteiger partial charge in [-0.05, 0) is 49.0 Å². The number of carbonyl (C=O) groups excluding carboxylic acids is 1. The van der Waals surface area contributed by atoms with Gasteiger partial charge in [0.15, 0.2) is 0 Å². The predicted molar refractivity (Wildman–Crippen MR) is 93.9 cm³/mol. The van der Waals surface area contributed by atoms with Crippen LogP contribution in [0.1, 0.15) is 32.1 Å². The SMILES string of the molecule is NC1CC2CCCC(C1)C2NC(=O)Cn1cnc2sccc2c1=O. The molecule has 4 rings (SSSR count). The van der Waals surface area contributed by atoms with Gasteiger partial charge in [-0.15, -0.1) is 11.3 Å². The van der Waals surface area contributed by atoms with E-state index in [9.17, 15) is 9.59 Å². The Morgan fingerprint density at radius 2 is 2.12 bits per heavy atom. The summed E-state index contributed by atoms with van der Waals surface area (Å²) in [6.07, 6.45) is 6.95. The molecule has 2 heterocycles. The first-order chi connectivity index (χ1) is 11.6. The van der Waals surface area contributed by atoms with Crippen molar-refractivity contribution in [3.05, 3.63) is 28.1 Å². The van der Waals surface area contributed by atoms with Gasteiger partial charge < -0.3 is 11.1 Å². The van der Waals surface area contributed by atoms with E-state index in [-0.39, 0.29) is 30.1 Å². The Morgan fingerprint density at radius 1 is 1.38 bits per heavy atom. The molecule has 0 radical (unpaired) electrons. The second-order valence-electron chi connectivity index (χ2n) is 7.09. The van der Waals surface area contributed by atoms with Crippen LogP contribution in [-0.4, -0.2) is 27.5 Å². The Hall–Kier alpha value is -1.73. The van der Waals surface area contributed by atoms with Gasteiger partial charge in [0.05, 0.1) is 11.7 Å². The van der Waals surface area contributed by atoms with E-state index in [0.29, 0.717) is 22.1 Å². The number of nitrogens with zero attached hydrogens (tertiary/aromatic N) is 2. The topological polar surface area (TPSA) is 90.0 Å². The molecule has 24 heavy (non-hydrogen) atoms. The van der Waals surface area contributed by atoms with Gasteiger partial charge in [-0.3, -0.25) is 14.2 Å². The Labute approximate surface area is 144 Å². The number of rotatable bonds is 3. The lowest BCUT2D eigenvalue weighted by Gasteiger charge is -2.45. The normalized spacial score (nSPS) is 29.5. The number of carbonyl (C=O) groups is 1. The summed E-state index contributed by atoms with van der Waals surface area (Å²) in [5.74, 6) is 0.849. The second-order valence-corrected chi connectivity index (χ2v) is 7.99. The van der Waals surface area contributed by atoms with Crippen LogP contribution in [-0.2, 0) is 11.3 Å². The standard InChI is InChI=1S/C17H22N4O2S/c18-12-6-10-2-1-3-11(7-12)15(10)20-14(22)8-21-9-19-16-13(17(21)23)4-5-24-16/h4-5,9-12,15H,1-3,6-8,18H2,(H,20,22). The van der Waals surface area contributed by atoms with Crippen molar-refractivity contribution in [2.24, 2.45) is 17.6 Å². The minimum atomic E-state index is -0.151. The quantitative estimate of drug-likeness (QED) is 0.881. The Kier molecular flexibility index (Phi) is 4.14. The first kappa shape index (κ1) is 15.8. The van der Waals surface area contributed by atoms with Crippen LogP contribution in [0.3, 0.4) is 0 Å². The molecule has 3 N–H and O–H groups in total. The minimum absolute atomic E-state index is 0.0274. The number of amides is 1. The zero-order valence-corrected chi connectivity index (χ0v) is 14.3. The van der Waals surface area contributed by atoms with Gasteiger partial charge in [0.1, 0.15) is 11.4 Å². The van der Waals surface area contributed by atoms with Gasteiger partial charge in [0, 0.05) is 12.1 Å². The Balaban J connectivity index is 1.48. The van der Waals surface area contributed by atoms with Crippen LogP contribution < -0.4 is 16.6 Å². The molecule has 2 unspecified atom stereocenters. The fraction of sp³-hybridized carbons (Fsp3) is 0.588. The highest BCUT2D eigenvalue weighted by Crippen LogP contribution is 2.39. The predicted octanol–water partition coefficient (Wildman–Crippen LogP) is 1.48. The zero-order chi connectivity index (χ0) is 16.7. The maximum atomic E-state index is 12.5. The summed E-state index contributed by atoms with van der Waals surface area (Å²) in [6, 6.07) is 2.23. The first-order valence-electron chi connectivity index (χ1n) is 8.59. The molecule has 7 heteroatoms. The molecule has 2 bridgehead atoms. The zero-order valence-electron chi connectivity index (χ0n) is 13.5. The number of hydrogen-bond acceptors (Lipinski definition) is 5. The van der Waals surface area contributed by atoms with Crippen LogP contribution in [0, 0.1) is 11.8 Å². The molecular weight excluding hydrogens is 324 g/mol. The van der Waals surface area contributed by atoms with Crippen molar-refractivity contribution < 1.29 is 4.79 Å². The molecule has 0 saturated heterocycles. The molecular formula is C17H22N4O2S. The summed E-state index contributed by atoms with van der Waals surface area (Å²) in [4.78, 5) is 29.9. The van der Waals surface area contributed by atoms with Crippen molar-refractivity contribution in [1.29, 1.82) is 0 Å². The largest absolute Gasteiger partial charge is 0.351 e. The molecule has 2 aromatic heterocycles. The average Bonchev–Trinajstić information content (AvgIpc) is 3.00. The molecule has 2 aliphatic carbocycles. The van der Waals surface area contributed by atoms with E-state index in [1.807, 2.05) is 5.38 Å². The number of fused-ring (bicyclic) bond motifs is 3. The van der Waals surface area contributed by atoms with Crippen molar-refractivity contribution in [3.63, 3.8) is 0 Å². The number of nitrogens with two attached hydrogens (primary N) is 1. The molecule has 6 nitrogen and oxygen atoms in total. The van der Waals surface area contributed by atoms with Crippen LogP contribution in [0.5, 0.6) is 0 Å². The third-order valence-corrected chi connectivity index (χ3v) is 6.29. The summed E-state index contributed by atoms with van der Waals surface area (Å²) < 4.78 is 1.40. The monoisotopic (exact) mass is 346 g/mol. The third kappa shape index (κ3) is 2.86. The molecule has 1 amide bonds. The Morgan fingerprint density at radius 3 is 2.88 bits per heavy atom. The molecule has 128 valence electrons. The molecule has 2 aromatic rings.